The van der Waals surface area contributed by atoms with Crippen molar-refractivity contribution < 1.29 is 9.63 Å². The van der Waals surface area contributed by atoms with E-state index in [-0.39, 0.29) is 5.97 Å². The third-order valence-electron chi connectivity index (χ3n) is 0.711. The van der Waals surface area contributed by atoms with Gasteiger partial charge in [-0.05, 0) is 7.05 Å². The molecule has 0 aromatic heterocycles. The van der Waals surface area contributed by atoms with Crippen LogP contribution in [-0.4, -0.2) is 19.6 Å². The van der Waals surface area contributed by atoms with Crippen LogP contribution < -0.4 is 11.2 Å². The normalized spacial score (nSPS) is 8.75. The van der Waals surface area contributed by atoms with Crippen LogP contribution in [0.2, 0.25) is 0 Å². The first-order valence-electron chi connectivity index (χ1n) is 2.35. The van der Waals surface area contributed by atoms with Crippen LogP contribution in [0.25, 0.3) is 0 Å². The van der Waals surface area contributed by atoms with Crippen molar-refractivity contribution in [2.45, 2.75) is 6.42 Å². The number of nitrogens with two attached hydrogens (primary N) is 1. The lowest BCUT2D eigenvalue weighted by Crippen LogP contribution is -2.17. The van der Waals surface area contributed by atoms with Gasteiger partial charge in [-0.3, -0.25) is 4.79 Å². The van der Waals surface area contributed by atoms with Gasteiger partial charge in [0.1, 0.15) is 0 Å². The number of hydrogen-bond donors (Lipinski definition) is 2. The predicted octanol–water partition coefficient (Wildman–Crippen LogP) is -0.987. The topological polar surface area (TPSA) is 64.3 Å². The van der Waals surface area contributed by atoms with E-state index in [0.717, 1.165) is 0 Å². The lowest BCUT2D eigenvalue weighted by Gasteiger charge is -1.94. The van der Waals surface area contributed by atoms with Crippen LogP contribution in [0.5, 0.6) is 0 Å². The standard InChI is InChI=1S/C4H10N2O2/c1-6-3-2-4(7)8-5/h6H,2-3,5H2,1H3. The molecular weight excluding hydrogens is 108 g/mol. The summed E-state index contributed by atoms with van der Waals surface area (Å²) in [5, 5.41) is 2.78. The third-order valence-corrected chi connectivity index (χ3v) is 0.711. The Morgan fingerprint density at radius 1 is 1.88 bits per heavy atom. The first-order chi connectivity index (χ1) is 3.81. The summed E-state index contributed by atoms with van der Waals surface area (Å²) in [5.41, 5.74) is 0. The van der Waals surface area contributed by atoms with Crippen molar-refractivity contribution in [1.29, 1.82) is 0 Å². The summed E-state index contributed by atoms with van der Waals surface area (Å²) >= 11 is 0. The third kappa shape index (κ3) is 3.58. The van der Waals surface area contributed by atoms with Crippen molar-refractivity contribution in [3.63, 3.8) is 0 Å². The van der Waals surface area contributed by atoms with E-state index in [0.29, 0.717) is 13.0 Å². The van der Waals surface area contributed by atoms with Crippen molar-refractivity contribution in [2.24, 2.45) is 5.90 Å². The highest BCUT2D eigenvalue weighted by atomic mass is 16.7. The van der Waals surface area contributed by atoms with Crippen molar-refractivity contribution in [1.82, 2.24) is 5.32 Å². The molecule has 0 amide bonds. The lowest BCUT2D eigenvalue weighted by molar-refractivity contribution is -0.144. The average molecular weight is 118 g/mol. The van der Waals surface area contributed by atoms with Gasteiger partial charge in [-0.1, -0.05) is 0 Å². The molecule has 0 saturated carbocycles. The van der Waals surface area contributed by atoms with Gasteiger partial charge >= 0.3 is 5.97 Å². The van der Waals surface area contributed by atoms with Gasteiger partial charge in [-0.15, -0.1) is 0 Å². The molecule has 0 rings (SSSR count). The molecule has 0 fully saturated rings. The summed E-state index contributed by atoms with van der Waals surface area (Å²) in [6.45, 7) is 0.607. The maximum absolute atomic E-state index is 10.2. The van der Waals surface area contributed by atoms with Crippen LogP contribution in [0.1, 0.15) is 6.42 Å². The van der Waals surface area contributed by atoms with E-state index in [9.17, 15) is 4.79 Å². The Hall–Kier alpha value is -0.610. The summed E-state index contributed by atoms with van der Waals surface area (Å²) in [6.07, 6.45) is 0.326. The molecule has 0 atom stereocenters. The van der Waals surface area contributed by atoms with E-state index in [4.69, 9.17) is 0 Å². The fourth-order valence-corrected chi connectivity index (χ4v) is 0.286. The highest BCUT2D eigenvalue weighted by molar-refractivity contribution is 5.69. The van der Waals surface area contributed by atoms with Crippen LogP contribution in [0.15, 0.2) is 0 Å². The van der Waals surface area contributed by atoms with Gasteiger partial charge in [0.15, 0.2) is 0 Å². The Labute approximate surface area is 48.0 Å². The Morgan fingerprint density at radius 2 is 2.50 bits per heavy atom. The second-order valence-electron chi connectivity index (χ2n) is 1.34. The largest absolute Gasteiger partial charge is 0.373 e. The zero-order chi connectivity index (χ0) is 6.41. The molecule has 0 radical (unpaired) electrons. The van der Waals surface area contributed by atoms with Crippen LogP contribution >= 0.6 is 0 Å². The first kappa shape index (κ1) is 7.39. The molecule has 4 nitrogen and oxygen atoms in total. The summed E-state index contributed by atoms with van der Waals surface area (Å²) < 4.78 is 0. The molecule has 0 aliphatic carbocycles. The minimum absolute atomic E-state index is 0.326. The van der Waals surface area contributed by atoms with Gasteiger partial charge in [-0.2, -0.15) is 5.90 Å². The van der Waals surface area contributed by atoms with Crippen LogP contribution in [0.4, 0.5) is 0 Å². The van der Waals surface area contributed by atoms with Crippen LogP contribution in [-0.2, 0) is 9.63 Å². The monoisotopic (exact) mass is 118 g/mol. The molecule has 0 unspecified atom stereocenters. The van der Waals surface area contributed by atoms with Gasteiger partial charge in [0.2, 0.25) is 0 Å². The SMILES string of the molecule is CNCCC(=O)ON. The molecule has 0 bridgehead atoms. The van der Waals surface area contributed by atoms with E-state index in [1.54, 1.807) is 7.05 Å². The second-order valence-corrected chi connectivity index (χ2v) is 1.34. The number of carbonyl (C=O) groups is 1. The van der Waals surface area contributed by atoms with E-state index in [1.165, 1.54) is 0 Å². The Balaban J connectivity index is 2.99. The van der Waals surface area contributed by atoms with E-state index >= 15 is 0 Å². The van der Waals surface area contributed by atoms with Gasteiger partial charge in [0, 0.05) is 6.54 Å². The molecule has 0 aromatic carbocycles. The molecule has 0 aliphatic heterocycles. The molecule has 48 valence electrons. The summed E-state index contributed by atoms with van der Waals surface area (Å²) in [6, 6.07) is 0. The zero-order valence-corrected chi connectivity index (χ0v) is 4.81. The van der Waals surface area contributed by atoms with E-state index in [1.807, 2.05) is 0 Å². The first-order valence-corrected chi connectivity index (χ1v) is 2.35. The molecule has 4 heteroatoms. The smallest absolute Gasteiger partial charge is 0.325 e. The van der Waals surface area contributed by atoms with E-state index in [2.05, 4.69) is 16.1 Å². The second kappa shape index (κ2) is 4.55. The van der Waals surface area contributed by atoms with E-state index < -0.39 is 0 Å². The maximum atomic E-state index is 10.2. The molecule has 8 heavy (non-hydrogen) atoms. The summed E-state index contributed by atoms with van der Waals surface area (Å²) in [5.74, 6) is 4.15. The highest BCUT2D eigenvalue weighted by Gasteiger charge is 1.95. The predicted molar refractivity (Wildman–Crippen MR) is 28.8 cm³/mol. The molecule has 0 spiro atoms. The minimum atomic E-state index is -0.389. The van der Waals surface area contributed by atoms with Crippen molar-refractivity contribution in [2.75, 3.05) is 13.6 Å². The van der Waals surface area contributed by atoms with Gasteiger partial charge in [0.25, 0.3) is 0 Å². The van der Waals surface area contributed by atoms with Crippen molar-refractivity contribution in [3.05, 3.63) is 0 Å². The molecule has 0 aromatic rings. The number of nitrogens with one attached hydrogen (secondary N) is 1. The highest BCUT2D eigenvalue weighted by Crippen LogP contribution is 1.76. The van der Waals surface area contributed by atoms with Crippen molar-refractivity contribution >= 4 is 5.97 Å². The Morgan fingerprint density at radius 3 is 2.88 bits per heavy atom. The maximum Gasteiger partial charge on any atom is 0.325 e. The molecule has 3 N–H and O–H groups in total. The summed E-state index contributed by atoms with van der Waals surface area (Å²) in [4.78, 5) is 14.1. The molecule has 0 aliphatic rings. The number of hydrogen-bond acceptors (Lipinski definition) is 4. The van der Waals surface area contributed by atoms with Gasteiger partial charge in [0.05, 0.1) is 6.42 Å². The lowest BCUT2D eigenvalue weighted by atomic mass is 10.4. The van der Waals surface area contributed by atoms with Crippen molar-refractivity contribution in [3.8, 4) is 0 Å². The number of carbonyl (C=O) groups excluding carboxylic acids is 1. The summed E-state index contributed by atoms with van der Waals surface area (Å²) in [7, 11) is 1.75. The van der Waals surface area contributed by atoms with Crippen LogP contribution in [0, 0.1) is 0 Å². The minimum Gasteiger partial charge on any atom is -0.373 e. The Bertz CT molecular complexity index is 74.4. The number of rotatable bonds is 3. The quantitative estimate of drug-likeness (QED) is 0.467. The Kier molecular flexibility index (Phi) is 4.20. The average Bonchev–Trinajstić information content (AvgIpc) is 1.83. The van der Waals surface area contributed by atoms with Gasteiger partial charge < -0.3 is 10.2 Å². The fraction of sp³-hybridized carbons (Fsp3) is 0.750. The molecule has 0 heterocycles. The zero-order valence-electron chi connectivity index (χ0n) is 4.81. The van der Waals surface area contributed by atoms with Gasteiger partial charge in [-0.25, -0.2) is 0 Å². The fourth-order valence-electron chi connectivity index (χ4n) is 0.286. The van der Waals surface area contributed by atoms with Crippen LogP contribution in [0.3, 0.4) is 0 Å². The molecule has 0 saturated heterocycles. The molecular formula is C4H10N2O2.